The lowest BCUT2D eigenvalue weighted by Crippen LogP contribution is -2.76. The van der Waals surface area contributed by atoms with Crippen LogP contribution >= 0.6 is 0 Å². The average Bonchev–Trinajstić information content (AvgIpc) is 2.95. The number of ether oxygens (including phenoxy) is 1. The van der Waals surface area contributed by atoms with Crippen LogP contribution in [0.4, 0.5) is 0 Å². The third kappa shape index (κ3) is 1.69. The fraction of sp³-hybridized carbons (Fsp3) is 0.650. The first kappa shape index (κ1) is 15.6. The van der Waals surface area contributed by atoms with E-state index in [9.17, 15) is 15.0 Å². The fourth-order valence-electron chi connectivity index (χ4n) is 6.04. The highest BCUT2D eigenvalue weighted by Crippen LogP contribution is 2.64. The van der Waals surface area contributed by atoms with Gasteiger partial charge >= 0.3 is 0 Å². The number of hydrogen-bond donors (Lipinski definition) is 2. The van der Waals surface area contributed by atoms with Gasteiger partial charge in [0, 0.05) is 18.0 Å². The molecule has 4 atom stereocenters. The zero-order valence-electron chi connectivity index (χ0n) is 14.6. The van der Waals surface area contributed by atoms with Gasteiger partial charge in [-0.1, -0.05) is 19.4 Å². The molecular weight excluding hydrogens is 318 g/mol. The first-order chi connectivity index (χ1) is 12.0. The number of carbonyl (C=O) groups is 1. The van der Waals surface area contributed by atoms with Gasteiger partial charge < -0.3 is 14.9 Å². The van der Waals surface area contributed by atoms with Crippen molar-refractivity contribution >= 4 is 5.78 Å². The summed E-state index contributed by atoms with van der Waals surface area (Å²) in [7, 11) is 0. The van der Waals surface area contributed by atoms with Crippen LogP contribution in [-0.4, -0.2) is 51.7 Å². The lowest BCUT2D eigenvalue weighted by atomic mass is 9.49. The van der Waals surface area contributed by atoms with Crippen molar-refractivity contribution in [1.82, 2.24) is 4.90 Å². The Bertz CT molecular complexity index is 762. The molecule has 1 saturated carbocycles. The molecule has 2 fully saturated rings. The normalized spacial score (nSPS) is 38.4. The number of nitrogens with zero attached hydrogens (tertiary/aromatic N) is 1. The molecule has 5 nitrogen and oxygen atoms in total. The Morgan fingerprint density at radius 1 is 1.36 bits per heavy atom. The Kier molecular flexibility index (Phi) is 3.12. The van der Waals surface area contributed by atoms with E-state index in [1.165, 1.54) is 0 Å². The highest BCUT2D eigenvalue weighted by molar-refractivity contribution is 5.90. The number of likely N-dealkylation sites (tertiary alicyclic amines) is 1. The summed E-state index contributed by atoms with van der Waals surface area (Å²) in [5.74, 6) is 0.593. The van der Waals surface area contributed by atoms with Gasteiger partial charge in [0.15, 0.2) is 23.4 Å². The first-order valence-electron chi connectivity index (χ1n) is 9.54. The van der Waals surface area contributed by atoms with E-state index in [2.05, 4.69) is 11.8 Å². The van der Waals surface area contributed by atoms with E-state index < -0.39 is 17.1 Å². The largest absolute Gasteiger partial charge is 0.504 e. The molecule has 4 aliphatic rings. The van der Waals surface area contributed by atoms with Crippen LogP contribution < -0.4 is 4.74 Å². The molecule has 2 bridgehead atoms. The monoisotopic (exact) mass is 343 g/mol. The molecule has 1 spiro atoms. The summed E-state index contributed by atoms with van der Waals surface area (Å²) in [6.45, 7) is 4.04. The predicted octanol–water partition coefficient (Wildman–Crippen LogP) is 1.92. The Morgan fingerprint density at radius 3 is 3.00 bits per heavy atom. The van der Waals surface area contributed by atoms with Crippen molar-refractivity contribution in [3.05, 3.63) is 23.3 Å². The Morgan fingerprint density at radius 2 is 2.20 bits per heavy atom. The summed E-state index contributed by atoms with van der Waals surface area (Å²) < 4.78 is 6.03. The fourth-order valence-corrected chi connectivity index (χ4v) is 6.04. The molecule has 2 heterocycles. The third-order valence-corrected chi connectivity index (χ3v) is 7.17. The topological polar surface area (TPSA) is 70.0 Å². The second-order valence-electron chi connectivity index (χ2n) is 8.17. The standard InChI is InChI=1S/C20H25NO4/c1-2-3-9-21-10-8-19-16-12-4-5-13(22)17(16)25-18(19)14(23)6-7-20(19,24)15(21)11-12/h4-5,15,18,22,24H,2-3,6-11H2,1H3/t15-,18+,19+,20-/m1/s1. The van der Waals surface area contributed by atoms with Crippen molar-refractivity contribution < 1.29 is 19.7 Å². The van der Waals surface area contributed by atoms with Crippen LogP contribution in [0.1, 0.15) is 50.2 Å². The molecule has 1 saturated heterocycles. The Labute approximate surface area is 147 Å². The zero-order valence-corrected chi connectivity index (χ0v) is 14.6. The van der Waals surface area contributed by atoms with Gasteiger partial charge in [0.05, 0.1) is 11.0 Å². The molecule has 2 aliphatic heterocycles. The summed E-state index contributed by atoms with van der Waals surface area (Å²) in [5.41, 5.74) is 0.404. The van der Waals surface area contributed by atoms with E-state index in [1.807, 2.05) is 6.07 Å². The Hall–Kier alpha value is -1.59. The first-order valence-corrected chi connectivity index (χ1v) is 9.54. The van der Waals surface area contributed by atoms with E-state index in [4.69, 9.17) is 4.74 Å². The van der Waals surface area contributed by atoms with Crippen LogP contribution in [-0.2, 0) is 16.6 Å². The molecular formula is C20H25NO4. The second-order valence-corrected chi connectivity index (χ2v) is 8.17. The van der Waals surface area contributed by atoms with Gasteiger partial charge in [0.2, 0.25) is 0 Å². The SMILES string of the molecule is CCCCN1CC[C@]23c4c5ccc(O)c4O[C@H]2C(=O)CC[C@@]3(O)[C@H]1C5. The highest BCUT2D eigenvalue weighted by Gasteiger charge is 2.73. The summed E-state index contributed by atoms with van der Waals surface area (Å²) in [4.78, 5) is 15.1. The summed E-state index contributed by atoms with van der Waals surface area (Å²) in [5, 5.41) is 22.3. The highest BCUT2D eigenvalue weighted by atomic mass is 16.5. The van der Waals surface area contributed by atoms with Gasteiger partial charge in [-0.05, 0) is 50.4 Å². The number of aromatic hydroxyl groups is 1. The van der Waals surface area contributed by atoms with E-state index in [0.717, 1.165) is 43.5 Å². The van der Waals surface area contributed by atoms with Crippen LogP contribution in [0.3, 0.4) is 0 Å². The molecule has 5 rings (SSSR count). The van der Waals surface area contributed by atoms with Crippen molar-refractivity contribution in [2.45, 2.75) is 68.6 Å². The molecule has 134 valence electrons. The molecule has 25 heavy (non-hydrogen) atoms. The average molecular weight is 343 g/mol. The number of hydrogen-bond acceptors (Lipinski definition) is 5. The number of ketones is 1. The number of benzene rings is 1. The van der Waals surface area contributed by atoms with E-state index in [1.54, 1.807) is 6.07 Å². The molecule has 1 aromatic carbocycles. The molecule has 2 aliphatic carbocycles. The molecule has 0 amide bonds. The van der Waals surface area contributed by atoms with Gasteiger partial charge in [-0.25, -0.2) is 0 Å². The van der Waals surface area contributed by atoms with Crippen molar-refractivity contribution in [2.24, 2.45) is 0 Å². The summed E-state index contributed by atoms with van der Waals surface area (Å²) >= 11 is 0. The summed E-state index contributed by atoms with van der Waals surface area (Å²) in [6.07, 6.45) is 3.92. The van der Waals surface area contributed by atoms with Crippen molar-refractivity contribution in [2.75, 3.05) is 13.1 Å². The maximum Gasteiger partial charge on any atom is 0.174 e. The van der Waals surface area contributed by atoms with Gasteiger partial charge in [-0.2, -0.15) is 0 Å². The molecule has 0 aromatic heterocycles. The van der Waals surface area contributed by atoms with Gasteiger partial charge in [0.1, 0.15) is 0 Å². The minimum Gasteiger partial charge on any atom is -0.504 e. The molecule has 2 N–H and O–H groups in total. The van der Waals surface area contributed by atoms with E-state index in [-0.39, 0.29) is 17.6 Å². The molecule has 0 radical (unpaired) electrons. The maximum absolute atomic E-state index is 12.7. The molecule has 0 unspecified atom stereocenters. The molecule has 1 aromatic rings. The van der Waals surface area contributed by atoms with Crippen molar-refractivity contribution in [1.29, 1.82) is 0 Å². The smallest absolute Gasteiger partial charge is 0.174 e. The van der Waals surface area contributed by atoms with Crippen molar-refractivity contribution in [3.8, 4) is 11.5 Å². The predicted molar refractivity (Wildman–Crippen MR) is 92.0 cm³/mol. The van der Waals surface area contributed by atoms with Gasteiger partial charge in [-0.15, -0.1) is 0 Å². The number of aliphatic hydroxyl groups is 1. The number of rotatable bonds is 3. The van der Waals surface area contributed by atoms with Gasteiger partial charge in [0.25, 0.3) is 0 Å². The quantitative estimate of drug-likeness (QED) is 0.877. The maximum atomic E-state index is 12.7. The zero-order chi connectivity index (χ0) is 17.4. The lowest BCUT2D eigenvalue weighted by molar-refractivity contribution is -0.188. The minimum atomic E-state index is -0.955. The summed E-state index contributed by atoms with van der Waals surface area (Å²) in [6, 6.07) is 3.65. The number of phenolic OH excluding ortho intramolecular Hbond substituents is 1. The lowest BCUT2D eigenvalue weighted by Gasteiger charge is -2.62. The third-order valence-electron chi connectivity index (χ3n) is 7.17. The molecule has 5 heteroatoms. The Balaban J connectivity index is 1.72. The number of piperidine rings is 1. The number of phenols is 1. The van der Waals surface area contributed by atoms with Crippen LogP contribution in [0, 0.1) is 0 Å². The van der Waals surface area contributed by atoms with Gasteiger partial charge in [-0.3, -0.25) is 9.69 Å². The number of Topliss-reactive ketones (excluding diaryl/α,β-unsaturated/α-hetero) is 1. The minimum absolute atomic E-state index is 0.0231. The van der Waals surface area contributed by atoms with Crippen LogP contribution in [0.15, 0.2) is 12.1 Å². The van der Waals surface area contributed by atoms with Crippen LogP contribution in [0.25, 0.3) is 0 Å². The van der Waals surface area contributed by atoms with Crippen LogP contribution in [0.2, 0.25) is 0 Å². The number of unbranched alkanes of at least 4 members (excludes halogenated alkanes) is 1. The van der Waals surface area contributed by atoms with E-state index >= 15 is 0 Å². The number of carbonyl (C=O) groups excluding carboxylic acids is 1. The van der Waals surface area contributed by atoms with Crippen molar-refractivity contribution in [3.63, 3.8) is 0 Å². The van der Waals surface area contributed by atoms with E-state index in [0.29, 0.717) is 25.0 Å². The second kappa shape index (κ2) is 4.98. The van der Waals surface area contributed by atoms with Crippen LogP contribution in [0.5, 0.6) is 11.5 Å².